The summed E-state index contributed by atoms with van der Waals surface area (Å²) in [5.74, 6) is -3.02. The van der Waals surface area contributed by atoms with E-state index < -0.39 is 18.2 Å². The van der Waals surface area contributed by atoms with Crippen LogP contribution in [0.5, 0.6) is 0 Å². The van der Waals surface area contributed by atoms with Gasteiger partial charge >= 0.3 is 18.1 Å². The fourth-order valence-corrected chi connectivity index (χ4v) is 1.54. The lowest BCUT2D eigenvalue weighted by Crippen LogP contribution is -2.36. The van der Waals surface area contributed by atoms with Crippen LogP contribution in [0.1, 0.15) is 26.7 Å². The van der Waals surface area contributed by atoms with Gasteiger partial charge in [-0.05, 0) is 39.8 Å². The molecule has 1 aliphatic rings. The number of piperidine rings is 1. The Bertz CT molecular complexity index is 329. The van der Waals surface area contributed by atoms with Gasteiger partial charge in [-0.3, -0.25) is 0 Å². The van der Waals surface area contributed by atoms with Gasteiger partial charge in [0.2, 0.25) is 0 Å². The molecule has 1 heterocycles. The van der Waals surface area contributed by atoms with Crippen LogP contribution < -0.4 is 5.32 Å². The molecule has 0 amide bonds. The molecule has 0 aromatic carbocycles. The predicted molar refractivity (Wildman–Crippen MR) is 66.8 cm³/mol. The van der Waals surface area contributed by atoms with Gasteiger partial charge in [-0.15, -0.1) is 0 Å². The maximum Gasteiger partial charge on any atom is 0.490 e. The van der Waals surface area contributed by atoms with Crippen molar-refractivity contribution in [1.82, 2.24) is 5.32 Å². The molecule has 21 heavy (non-hydrogen) atoms. The second-order valence-corrected chi connectivity index (χ2v) is 4.28. The van der Waals surface area contributed by atoms with Crippen LogP contribution in [0.4, 0.5) is 13.2 Å². The van der Waals surface area contributed by atoms with E-state index >= 15 is 0 Å². The second kappa shape index (κ2) is 9.56. The number of alkyl halides is 3. The van der Waals surface area contributed by atoms with Crippen molar-refractivity contribution >= 4 is 11.9 Å². The largest absolute Gasteiger partial charge is 0.490 e. The summed E-state index contributed by atoms with van der Waals surface area (Å²) in [6.07, 6.45) is -3.36. The zero-order valence-corrected chi connectivity index (χ0v) is 11.9. The normalized spacial score (nSPS) is 17.4. The molecule has 2 N–H and O–H groups in total. The molecule has 1 saturated heterocycles. The van der Waals surface area contributed by atoms with Gasteiger partial charge in [0.05, 0.1) is 12.7 Å². The van der Waals surface area contributed by atoms with Gasteiger partial charge in [0.1, 0.15) is 0 Å². The van der Waals surface area contributed by atoms with E-state index in [1.54, 1.807) is 13.8 Å². The number of hydrogen-bond donors (Lipinski definition) is 2. The molecule has 0 bridgehead atoms. The lowest BCUT2D eigenvalue weighted by molar-refractivity contribution is -0.192. The van der Waals surface area contributed by atoms with E-state index in [1.165, 1.54) is 0 Å². The molecule has 1 aliphatic heterocycles. The fraction of sp³-hybridized carbons (Fsp3) is 0.833. The first-order valence-electron chi connectivity index (χ1n) is 6.51. The average molecular weight is 315 g/mol. The summed E-state index contributed by atoms with van der Waals surface area (Å²) < 4.78 is 42.2. The first-order valence-corrected chi connectivity index (χ1v) is 6.51. The highest BCUT2D eigenvalue weighted by Crippen LogP contribution is 2.13. The van der Waals surface area contributed by atoms with E-state index in [2.05, 4.69) is 5.32 Å². The SMILES string of the molecule is CCOC(=O)C(C)OC1CCNCC1.O=C(O)C(F)(F)F. The Labute approximate surface area is 120 Å². The maximum absolute atomic E-state index is 11.3. The first-order chi connectivity index (χ1) is 9.68. The molecule has 1 atom stereocenters. The molecule has 0 spiro atoms. The van der Waals surface area contributed by atoms with Crippen molar-refractivity contribution in [3.63, 3.8) is 0 Å². The van der Waals surface area contributed by atoms with Crippen LogP contribution in [0, 0.1) is 0 Å². The summed E-state index contributed by atoms with van der Waals surface area (Å²) in [5, 5.41) is 10.4. The molecule has 0 aromatic rings. The highest BCUT2D eigenvalue weighted by molar-refractivity contribution is 5.74. The van der Waals surface area contributed by atoms with Gasteiger partial charge in [0, 0.05) is 0 Å². The molecule has 1 rings (SSSR count). The standard InChI is InChI=1S/C10H19NO3.C2HF3O2/c1-3-13-10(12)8(2)14-9-4-6-11-7-5-9;3-2(4,5)1(6)7/h8-9,11H,3-7H2,1-2H3;(H,6,7). The highest BCUT2D eigenvalue weighted by Gasteiger charge is 2.38. The number of hydrogen-bond acceptors (Lipinski definition) is 5. The molecule has 0 aromatic heterocycles. The van der Waals surface area contributed by atoms with Crippen molar-refractivity contribution in [3.05, 3.63) is 0 Å². The molecule has 1 unspecified atom stereocenters. The van der Waals surface area contributed by atoms with Gasteiger partial charge in [-0.2, -0.15) is 13.2 Å². The number of carboxylic acid groups (broad SMARTS) is 1. The summed E-state index contributed by atoms with van der Waals surface area (Å²) in [6, 6.07) is 0. The zero-order valence-electron chi connectivity index (χ0n) is 11.9. The zero-order chi connectivity index (χ0) is 16.5. The average Bonchev–Trinajstić information content (AvgIpc) is 2.39. The molecule has 0 aliphatic carbocycles. The number of aliphatic carboxylic acids is 1. The molecular weight excluding hydrogens is 295 g/mol. The Hall–Kier alpha value is -1.35. The number of carboxylic acids is 1. The van der Waals surface area contributed by atoms with Crippen LogP contribution in [-0.4, -0.2) is 55.1 Å². The van der Waals surface area contributed by atoms with E-state index in [0.29, 0.717) is 6.61 Å². The smallest absolute Gasteiger partial charge is 0.475 e. The molecule has 124 valence electrons. The van der Waals surface area contributed by atoms with E-state index in [-0.39, 0.29) is 12.1 Å². The minimum absolute atomic E-state index is 0.204. The van der Waals surface area contributed by atoms with Crippen molar-refractivity contribution in [2.75, 3.05) is 19.7 Å². The van der Waals surface area contributed by atoms with Gasteiger partial charge in [-0.1, -0.05) is 0 Å². The third kappa shape index (κ3) is 9.24. The molecule has 9 heteroatoms. The summed E-state index contributed by atoms with van der Waals surface area (Å²) in [5.41, 5.74) is 0. The van der Waals surface area contributed by atoms with Crippen LogP contribution >= 0.6 is 0 Å². The molecule has 6 nitrogen and oxygen atoms in total. The van der Waals surface area contributed by atoms with Crippen LogP contribution in [0.3, 0.4) is 0 Å². The van der Waals surface area contributed by atoms with Crippen molar-refractivity contribution in [3.8, 4) is 0 Å². The molecule has 1 fully saturated rings. The first kappa shape index (κ1) is 19.7. The lowest BCUT2D eigenvalue weighted by Gasteiger charge is -2.25. The van der Waals surface area contributed by atoms with E-state index in [1.807, 2.05) is 0 Å². The number of carbonyl (C=O) groups is 2. The summed E-state index contributed by atoms with van der Waals surface area (Å²) in [6.45, 7) is 5.91. The van der Waals surface area contributed by atoms with E-state index in [0.717, 1.165) is 25.9 Å². The molecular formula is C12H20F3NO5. The van der Waals surface area contributed by atoms with E-state index in [4.69, 9.17) is 19.4 Å². The number of rotatable bonds is 4. The van der Waals surface area contributed by atoms with Gasteiger partial charge in [-0.25, -0.2) is 9.59 Å². The van der Waals surface area contributed by atoms with Crippen LogP contribution in [-0.2, 0) is 19.1 Å². The van der Waals surface area contributed by atoms with Gasteiger partial charge in [0.15, 0.2) is 6.10 Å². The second-order valence-electron chi connectivity index (χ2n) is 4.28. The van der Waals surface area contributed by atoms with Crippen LogP contribution in [0.15, 0.2) is 0 Å². The molecule has 0 radical (unpaired) electrons. The Morgan fingerprint density at radius 1 is 1.33 bits per heavy atom. The minimum atomic E-state index is -5.08. The maximum atomic E-state index is 11.3. The third-order valence-electron chi connectivity index (χ3n) is 2.54. The number of esters is 1. The van der Waals surface area contributed by atoms with Gasteiger partial charge < -0.3 is 19.9 Å². The fourth-order valence-electron chi connectivity index (χ4n) is 1.54. The van der Waals surface area contributed by atoms with Crippen LogP contribution in [0.2, 0.25) is 0 Å². The number of nitrogens with one attached hydrogen (secondary N) is 1. The number of ether oxygens (including phenoxy) is 2. The van der Waals surface area contributed by atoms with Crippen molar-refractivity contribution in [2.24, 2.45) is 0 Å². The Morgan fingerprint density at radius 2 is 1.81 bits per heavy atom. The van der Waals surface area contributed by atoms with Gasteiger partial charge in [0.25, 0.3) is 0 Å². The summed E-state index contributed by atoms with van der Waals surface area (Å²) in [4.78, 5) is 20.1. The number of carbonyl (C=O) groups excluding carboxylic acids is 1. The van der Waals surface area contributed by atoms with Crippen LogP contribution in [0.25, 0.3) is 0 Å². The monoisotopic (exact) mass is 315 g/mol. The Balaban J connectivity index is 0.000000486. The summed E-state index contributed by atoms with van der Waals surface area (Å²) >= 11 is 0. The van der Waals surface area contributed by atoms with Crippen molar-refractivity contribution < 1.29 is 37.3 Å². The quantitative estimate of drug-likeness (QED) is 0.762. The minimum Gasteiger partial charge on any atom is -0.475 e. The summed E-state index contributed by atoms with van der Waals surface area (Å²) in [7, 11) is 0. The predicted octanol–water partition coefficient (Wildman–Crippen LogP) is 1.34. The van der Waals surface area contributed by atoms with Crippen molar-refractivity contribution in [2.45, 2.75) is 45.1 Å². The third-order valence-corrected chi connectivity index (χ3v) is 2.54. The highest BCUT2D eigenvalue weighted by atomic mass is 19.4. The number of halogens is 3. The van der Waals surface area contributed by atoms with E-state index in [9.17, 15) is 18.0 Å². The van der Waals surface area contributed by atoms with Crippen molar-refractivity contribution in [1.29, 1.82) is 0 Å². The lowest BCUT2D eigenvalue weighted by atomic mass is 10.1. The molecule has 0 saturated carbocycles. The topological polar surface area (TPSA) is 84.9 Å². The Kier molecular flexibility index (Phi) is 8.95. The Morgan fingerprint density at radius 3 is 2.19 bits per heavy atom.